The summed E-state index contributed by atoms with van der Waals surface area (Å²) in [6.07, 6.45) is 1.74. The summed E-state index contributed by atoms with van der Waals surface area (Å²) >= 11 is 0. The standard InChI is InChI=1S/C7H13N3/c1-5(2)6-7(8)10(3)4-9-6/h4-5H,8H2,1-3H3. The van der Waals surface area contributed by atoms with Crippen LogP contribution in [0.4, 0.5) is 5.82 Å². The molecule has 1 heterocycles. The van der Waals surface area contributed by atoms with Crippen LogP contribution < -0.4 is 5.73 Å². The lowest BCUT2D eigenvalue weighted by Crippen LogP contribution is -1.99. The van der Waals surface area contributed by atoms with Gasteiger partial charge in [0.1, 0.15) is 5.82 Å². The van der Waals surface area contributed by atoms with Gasteiger partial charge >= 0.3 is 0 Å². The summed E-state index contributed by atoms with van der Waals surface area (Å²) in [5.41, 5.74) is 6.69. The molecule has 10 heavy (non-hydrogen) atoms. The van der Waals surface area contributed by atoms with Crippen molar-refractivity contribution < 1.29 is 0 Å². The number of anilines is 1. The summed E-state index contributed by atoms with van der Waals surface area (Å²) in [6.45, 7) is 4.16. The Morgan fingerprint density at radius 2 is 2.20 bits per heavy atom. The Hall–Kier alpha value is -0.990. The lowest BCUT2D eigenvalue weighted by molar-refractivity contribution is 0.834. The maximum absolute atomic E-state index is 5.70. The van der Waals surface area contributed by atoms with Gasteiger partial charge in [0.05, 0.1) is 12.0 Å². The van der Waals surface area contributed by atoms with E-state index in [2.05, 4.69) is 18.8 Å². The van der Waals surface area contributed by atoms with Crippen molar-refractivity contribution in [2.45, 2.75) is 19.8 Å². The third-order valence-corrected chi connectivity index (χ3v) is 1.56. The maximum Gasteiger partial charge on any atom is 0.126 e. The van der Waals surface area contributed by atoms with E-state index in [1.165, 1.54) is 0 Å². The van der Waals surface area contributed by atoms with Gasteiger partial charge in [0.25, 0.3) is 0 Å². The maximum atomic E-state index is 5.70. The summed E-state index contributed by atoms with van der Waals surface area (Å²) in [5, 5.41) is 0. The van der Waals surface area contributed by atoms with Gasteiger partial charge in [-0.15, -0.1) is 0 Å². The van der Waals surface area contributed by atoms with Crippen molar-refractivity contribution in [2.75, 3.05) is 5.73 Å². The molecule has 0 saturated heterocycles. The number of nitrogen functional groups attached to an aromatic ring is 1. The molecule has 1 rings (SSSR count). The van der Waals surface area contributed by atoms with Crippen molar-refractivity contribution in [1.82, 2.24) is 9.55 Å². The number of imidazole rings is 1. The van der Waals surface area contributed by atoms with Gasteiger partial charge in [-0.1, -0.05) is 13.8 Å². The molecule has 1 aromatic rings. The van der Waals surface area contributed by atoms with Crippen LogP contribution in [-0.2, 0) is 7.05 Å². The molecule has 56 valence electrons. The van der Waals surface area contributed by atoms with Gasteiger partial charge in [-0.2, -0.15) is 0 Å². The summed E-state index contributed by atoms with van der Waals surface area (Å²) in [7, 11) is 1.90. The fraction of sp³-hybridized carbons (Fsp3) is 0.571. The van der Waals surface area contributed by atoms with Crippen LogP contribution >= 0.6 is 0 Å². The van der Waals surface area contributed by atoms with Crippen LogP contribution in [0, 0.1) is 0 Å². The lowest BCUT2D eigenvalue weighted by Gasteiger charge is -2.01. The first kappa shape index (κ1) is 7.12. The molecule has 0 bridgehead atoms. The third kappa shape index (κ3) is 0.988. The van der Waals surface area contributed by atoms with Gasteiger partial charge in [0, 0.05) is 7.05 Å². The Morgan fingerprint density at radius 3 is 2.40 bits per heavy atom. The summed E-state index contributed by atoms with van der Waals surface area (Å²) in [4.78, 5) is 4.15. The monoisotopic (exact) mass is 139 g/mol. The SMILES string of the molecule is CC(C)c1ncn(C)c1N. The summed E-state index contributed by atoms with van der Waals surface area (Å²) in [5.74, 6) is 1.19. The van der Waals surface area contributed by atoms with Crippen molar-refractivity contribution >= 4 is 5.82 Å². The fourth-order valence-electron chi connectivity index (χ4n) is 0.903. The zero-order valence-corrected chi connectivity index (χ0v) is 6.63. The number of aromatic nitrogens is 2. The minimum Gasteiger partial charge on any atom is -0.384 e. The molecular formula is C7H13N3. The van der Waals surface area contributed by atoms with E-state index in [-0.39, 0.29) is 0 Å². The van der Waals surface area contributed by atoms with Gasteiger partial charge in [-0.3, -0.25) is 0 Å². The second-order valence-electron chi connectivity index (χ2n) is 2.78. The second kappa shape index (κ2) is 2.33. The van der Waals surface area contributed by atoms with Crippen LogP contribution in [0.25, 0.3) is 0 Å². The molecule has 0 atom stereocenters. The quantitative estimate of drug-likeness (QED) is 0.633. The highest BCUT2D eigenvalue weighted by Gasteiger charge is 2.07. The topological polar surface area (TPSA) is 43.8 Å². The average Bonchev–Trinajstić information content (AvgIpc) is 2.14. The highest BCUT2D eigenvalue weighted by atomic mass is 15.1. The molecule has 0 aliphatic carbocycles. The van der Waals surface area contributed by atoms with Gasteiger partial charge in [0.2, 0.25) is 0 Å². The number of aryl methyl sites for hydroxylation is 1. The molecule has 0 amide bonds. The minimum absolute atomic E-state index is 0.418. The smallest absolute Gasteiger partial charge is 0.126 e. The molecule has 0 aromatic carbocycles. The van der Waals surface area contributed by atoms with Crippen LogP contribution in [0.15, 0.2) is 6.33 Å². The van der Waals surface area contributed by atoms with Gasteiger partial charge < -0.3 is 10.3 Å². The Labute approximate surface area is 60.9 Å². The normalized spacial score (nSPS) is 10.8. The van der Waals surface area contributed by atoms with Crippen molar-refractivity contribution in [3.63, 3.8) is 0 Å². The Kier molecular flexibility index (Phi) is 1.66. The first-order valence-corrected chi connectivity index (χ1v) is 3.39. The van der Waals surface area contributed by atoms with Crippen LogP contribution in [0.2, 0.25) is 0 Å². The molecule has 0 saturated carbocycles. The molecule has 0 aliphatic rings. The van der Waals surface area contributed by atoms with E-state index >= 15 is 0 Å². The third-order valence-electron chi connectivity index (χ3n) is 1.56. The van der Waals surface area contributed by atoms with E-state index in [0.717, 1.165) is 11.5 Å². The molecule has 0 unspecified atom stereocenters. The number of nitrogens with zero attached hydrogens (tertiary/aromatic N) is 2. The van der Waals surface area contributed by atoms with E-state index in [4.69, 9.17) is 5.73 Å². The first-order chi connectivity index (χ1) is 4.63. The number of nitrogens with two attached hydrogens (primary N) is 1. The Bertz CT molecular complexity index is 225. The number of rotatable bonds is 1. The molecule has 0 radical (unpaired) electrons. The van der Waals surface area contributed by atoms with E-state index in [1.54, 1.807) is 6.33 Å². The molecule has 0 spiro atoms. The highest BCUT2D eigenvalue weighted by molar-refractivity contribution is 5.37. The first-order valence-electron chi connectivity index (χ1n) is 3.39. The van der Waals surface area contributed by atoms with Crippen LogP contribution in [0.1, 0.15) is 25.5 Å². The van der Waals surface area contributed by atoms with Gasteiger partial charge in [-0.25, -0.2) is 4.98 Å². The molecule has 1 aromatic heterocycles. The largest absolute Gasteiger partial charge is 0.384 e. The van der Waals surface area contributed by atoms with E-state index in [0.29, 0.717) is 5.92 Å². The minimum atomic E-state index is 0.418. The van der Waals surface area contributed by atoms with E-state index in [1.807, 2.05) is 11.6 Å². The Balaban J connectivity index is 3.05. The molecule has 3 heteroatoms. The van der Waals surface area contributed by atoms with E-state index in [9.17, 15) is 0 Å². The highest BCUT2D eigenvalue weighted by Crippen LogP contribution is 2.17. The van der Waals surface area contributed by atoms with Crippen LogP contribution in [-0.4, -0.2) is 9.55 Å². The van der Waals surface area contributed by atoms with Gasteiger partial charge in [-0.05, 0) is 5.92 Å². The summed E-state index contributed by atoms with van der Waals surface area (Å²) < 4.78 is 1.83. The predicted molar refractivity (Wildman–Crippen MR) is 41.7 cm³/mol. The molecular weight excluding hydrogens is 126 g/mol. The van der Waals surface area contributed by atoms with Crippen molar-refractivity contribution in [3.05, 3.63) is 12.0 Å². The Morgan fingerprint density at radius 1 is 1.60 bits per heavy atom. The average molecular weight is 139 g/mol. The van der Waals surface area contributed by atoms with Crippen molar-refractivity contribution in [1.29, 1.82) is 0 Å². The number of hydrogen-bond donors (Lipinski definition) is 1. The zero-order valence-electron chi connectivity index (χ0n) is 6.63. The van der Waals surface area contributed by atoms with Crippen LogP contribution in [0.3, 0.4) is 0 Å². The van der Waals surface area contributed by atoms with Crippen molar-refractivity contribution in [3.8, 4) is 0 Å². The molecule has 3 nitrogen and oxygen atoms in total. The van der Waals surface area contributed by atoms with Gasteiger partial charge in [0.15, 0.2) is 0 Å². The zero-order chi connectivity index (χ0) is 7.72. The molecule has 0 aliphatic heterocycles. The molecule has 2 N–H and O–H groups in total. The summed E-state index contributed by atoms with van der Waals surface area (Å²) in [6, 6.07) is 0. The van der Waals surface area contributed by atoms with Crippen molar-refractivity contribution in [2.24, 2.45) is 7.05 Å². The predicted octanol–water partition coefficient (Wildman–Crippen LogP) is 1.13. The van der Waals surface area contributed by atoms with Crippen LogP contribution in [0.5, 0.6) is 0 Å². The number of hydrogen-bond acceptors (Lipinski definition) is 2. The molecule has 0 fully saturated rings. The fourth-order valence-corrected chi connectivity index (χ4v) is 0.903. The lowest BCUT2D eigenvalue weighted by atomic mass is 10.1. The van der Waals surface area contributed by atoms with E-state index < -0.39 is 0 Å². The second-order valence-corrected chi connectivity index (χ2v) is 2.78.